The molecule has 2 aliphatic rings. The number of likely N-dealkylation sites (tertiary alicyclic amines) is 1. The Labute approximate surface area is 138 Å². The molecular formula is C16H22F3N3O2. The second kappa shape index (κ2) is 6.38. The van der Waals surface area contributed by atoms with Gasteiger partial charge >= 0.3 is 6.18 Å². The molecule has 0 unspecified atom stereocenters. The summed E-state index contributed by atoms with van der Waals surface area (Å²) in [4.78, 5) is 20.9. The van der Waals surface area contributed by atoms with Crippen molar-refractivity contribution in [2.45, 2.75) is 44.2 Å². The first kappa shape index (κ1) is 17.3. The van der Waals surface area contributed by atoms with Crippen LogP contribution in [0.5, 0.6) is 0 Å². The van der Waals surface area contributed by atoms with Gasteiger partial charge in [0.2, 0.25) is 5.91 Å². The summed E-state index contributed by atoms with van der Waals surface area (Å²) in [5.74, 6) is 0.204. The quantitative estimate of drug-likeness (QED) is 0.913. The zero-order valence-electron chi connectivity index (χ0n) is 13.7. The van der Waals surface area contributed by atoms with Gasteiger partial charge in [0.1, 0.15) is 11.5 Å². The van der Waals surface area contributed by atoms with Crippen molar-refractivity contribution in [3.05, 3.63) is 17.7 Å². The van der Waals surface area contributed by atoms with E-state index in [0.29, 0.717) is 25.5 Å². The Hall–Kier alpha value is -1.57. The highest BCUT2D eigenvalue weighted by molar-refractivity contribution is 5.84. The lowest BCUT2D eigenvalue weighted by Crippen LogP contribution is -2.52. The molecule has 1 amide bonds. The number of nitrogens with one attached hydrogen (secondary N) is 1. The molecule has 0 aromatic carbocycles. The van der Waals surface area contributed by atoms with E-state index in [1.165, 1.54) is 0 Å². The normalized spacial score (nSPS) is 23.8. The molecule has 5 nitrogen and oxygen atoms in total. The van der Waals surface area contributed by atoms with Crippen molar-refractivity contribution in [3.8, 4) is 0 Å². The average molecular weight is 345 g/mol. The molecule has 1 aromatic rings. The minimum atomic E-state index is -4.43. The average Bonchev–Trinajstić information content (AvgIpc) is 3.00. The second-order valence-electron chi connectivity index (χ2n) is 6.84. The number of amides is 1. The fourth-order valence-corrected chi connectivity index (χ4v) is 3.71. The lowest BCUT2D eigenvalue weighted by atomic mass is 9.68. The fourth-order valence-electron chi connectivity index (χ4n) is 3.71. The number of methoxy groups -OCH3 is 1. The molecule has 24 heavy (non-hydrogen) atoms. The maximum absolute atomic E-state index is 12.9. The van der Waals surface area contributed by atoms with Crippen LogP contribution in [0.2, 0.25) is 0 Å². The Bertz CT molecular complexity index is 596. The van der Waals surface area contributed by atoms with Crippen molar-refractivity contribution < 1.29 is 22.7 Å². The lowest BCUT2D eigenvalue weighted by molar-refractivity contribution is -0.153. The van der Waals surface area contributed by atoms with Gasteiger partial charge in [0, 0.05) is 26.1 Å². The third-order valence-corrected chi connectivity index (χ3v) is 5.18. The number of carbonyl (C=O) groups excluding carboxylic acids is 1. The van der Waals surface area contributed by atoms with Crippen LogP contribution in [0.1, 0.15) is 49.5 Å². The molecule has 1 aliphatic heterocycles. The van der Waals surface area contributed by atoms with Gasteiger partial charge in [-0.25, -0.2) is 4.98 Å². The molecule has 1 atom stereocenters. The summed E-state index contributed by atoms with van der Waals surface area (Å²) in [6.07, 6.45) is 0.546. The number of carbonyl (C=O) groups is 1. The Morgan fingerprint density at radius 3 is 2.75 bits per heavy atom. The molecule has 8 heteroatoms. The minimum absolute atomic E-state index is 0.0721. The monoisotopic (exact) mass is 345 g/mol. The second-order valence-corrected chi connectivity index (χ2v) is 6.84. The van der Waals surface area contributed by atoms with E-state index in [0.717, 1.165) is 38.3 Å². The maximum atomic E-state index is 12.9. The van der Waals surface area contributed by atoms with Crippen LogP contribution < -0.4 is 0 Å². The zero-order chi connectivity index (χ0) is 17.4. The minimum Gasteiger partial charge on any atom is -0.384 e. The first-order valence-electron chi connectivity index (χ1n) is 8.26. The number of halogens is 3. The van der Waals surface area contributed by atoms with Crippen LogP contribution in [0.4, 0.5) is 13.2 Å². The third-order valence-electron chi connectivity index (χ3n) is 5.18. The zero-order valence-corrected chi connectivity index (χ0v) is 13.7. The van der Waals surface area contributed by atoms with Crippen molar-refractivity contribution >= 4 is 5.91 Å². The first-order chi connectivity index (χ1) is 11.4. The molecule has 2 fully saturated rings. The van der Waals surface area contributed by atoms with E-state index in [9.17, 15) is 18.0 Å². The Morgan fingerprint density at radius 2 is 2.21 bits per heavy atom. The van der Waals surface area contributed by atoms with Crippen LogP contribution in [0.25, 0.3) is 0 Å². The molecule has 1 aromatic heterocycles. The number of alkyl halides is 3. The van der Waals surface area contributed by atoms with Crippen molar-refractivity contribution in [3.63, 3.8) is 0 Å². The van der Waals surface area contributed by atoms with Gasteiger partial charge in [0.25, 0.3) is 0 Å². The van der Waals surface area contributed by atoms with Gasteiger partial charge in [-0.15, -0.1) is 0 Å². The summed E-state index contributed by atoms with van der Waals surface area (Å²) in [5.41, 5.74) is -1.27. The van der Waals surface area contributed by atoms with E-state index in [4.69, 9.17) is 4.74 Å². The highest BCUT2D eigenvalue weighted by atomic mass is 19.4. The predicted octanol–water partition coefficient (Wildman–Crippen LogP) is 2.95. The lowest BCUT2D eigenvalue weighted by Gasteiger charge is -2.45. The van der Waals surface area contributed by atoms with Gasteiger partial charge in [0.15, 0.2) is 0 Å². The van der Waals surface area contributed by atoms with Crippen LogP contribution in [-0.4, -0.2) is 47.6 Å². The number of nitrogens with zero attached hydrogens (tertiary/aromatic N) is 2. The topological polar surface area (TPSA) is 58.2 Å². The number of H-pyrrole nitrogens is 1. The van der Waals surface area contributed by atoms with Crippen LogP contribution in [0, 0.1) is 5.41 Å². The number of hydrogen-bond donors (Lipinski definition) is 1. The largest absolute Gasteiger partial charge is 0.432 e. The van der Waals surface area contributed by atoms with Gasteiger partial charge in [-0.05, 0) is 25.7 Å². The van der Waals surface area contributed by atoms with E-state index < -0.39 is 17.3 Å². The number of ether oxygens (including phenoxy) is 1. The van der Waals surface area contributed by atoms with Crippen molar-refractivity contribution in [2.75, 3.05) is 26.8 Å². The molecule has 0 bridgehead atoms. The third kappa shape index (κ3) is 3.16. The van der Waals surface area contributed by atoms with Crippen molar-refractivity contribution in [1.82, 2.24) is 14.9 Å². The van der Waals surface area contributed by atoms with Gasteiger partial charge in [0.05, 0.1) is 18.2 Å². The number of imidazole rings is 1. The van der Waals surface area contributed by atoms with Gasteiger partial charge in [-0.2, -0.15) is 13.2 Å². The molecule has 0 spiro atoms. The predicted molar refractivity (Wildman–Crippen MR) is 80.3 cm³/mol. The SMILES string of the molecule is COCC1(C(=O)N2CCC[C@H](c3ncc(C(F)(F)F)[nH]3)C2)CCC1. The van der Waals surface area contributed by atoms with Crippen molar-refractivity contribution in [2.24, 2.45) is 5.41 Å². The number of aromatic amines is 1. The molecule has 1 saturated heterocycles. The standard InChI is InChI=1S/C16H22F3N3O2/c1-24-10-15(5-3-6-15)14(23)22-7-2-4-11(9-22)13-20-8-12(21-13)16(17,18)19/h8,11H,2-7,9-10H2,1H3,(H,20,21)/t11-/m0/s1. The summed E-state index contributed by atoms with van der Waals surface area (Å²) in [6.45, 7) is 1.47. The molecule has 134 valence electrons. The summed E-state index contributed by atoms with van der Waals surface area (Å²) in [6, 6.07) is 0. The first-order valence-corrected chi connectivity index (χ1v) is 8.26. The Balaban J connectivity index is 1.70. The fraction of sp³-hybridized carbons (Fsp3) is 0.750. The van der Waals surface area contributed by atoms with Crippen LogP contribution >= 0.6 is 0 Å². The van der Waals surface area contributed by atoms with E-state index in [1.54, 1.807) is 12.0 Å². The van der Waals surface area contributed by atoms with Crippen LogP contribution in [0.15, 0.2) is 6.20 Å². The molecule has 2 heterocycles. The van der Waals surface area contributed by atoms with E-state index in [2.05, 4.69) is 9.97 Å². The number of aromatic nitrogens is 2. The molecule has 3 rings (SSSR count). The van der Waals surface area contributed by atoms with Crippen molar-refractivity contribution in [1.29, 1.82) is 0 Å². The molecule has 1 saturated carbocycles. The van der Waals surface area contributed by atoms with Gasteiger partial charge < -0.3 is 14.6 Å². The molecular weight excluding hydrogens is 323 g/mol. The summed E-state index contributed by atoms with van der Waals surface area (Å²) >= 11 is 0. The molecule has 1 N–H and O–H groups in total. The van der Waals surface area contributed by atoms with Gasteiger partial charge in [-0.3, -0.25) is 4.79 Å². The van der Waals surface area contributed by atoms with Crippen LogP contribution in [-0.2, 0) is 15.7 Å². The number of rotatable bonds is 4. The summed E-state index contributed by atoms with van der Waals surface area (Å²) in [7, 11) is 1.59. The van der Waals surface area contributed by atoms with E-state index in [-0.39, 0.29) is 11.8 Å². The number of piperidine rings is 1. The maximum Gasteiger partial charge on any atom is 0.432 e. The van der Waals surface area contributed by atoms with Crippen LogP contribution in [0.3, 0.4) is 0 Å². The summed E-state index contributed by atoms with van der Waals surface area (Å²) < 4.78 is 43.4. The molecule has 1 aliphatic carbocycles. The Morgan fingerprint density at radius 1 is 1.46 bits per heavy atom. The smallest absolute Gasteiger partial charge is 0.384 e. The molecule has 0 radical (unpaired) electrons. The summed E-state index contributed by atoms with van der Waals surface area (Å²) in [5, 5.41) is 0. The van der Waals surface area contributed by atoms with E-state index in [1.807, 2.05) is 0 Å². The Kier molecular flexibility index (Phi) is 4.59. The highest BCUT2D eigenvalue weighted by Crippen LogP contribution is 2.43. The van der Waals surface area contributed by atoms with Gasteiger partial charge in [-0.1, -0.05) is 6.42 Å². The van der Waals surface area contributed by atoms with E-state index >= 15 is 0 Å². The highest BCUT2D eigenvalue weighted by Gasteiger charge is 2.47. The number of hydrogen-bond acceptors (Lipinski definition) is 3.